The predicted octanol–water partition coefficient (Wildman–Crippen LogP) is 2.68. The highest BCUT2D eigenvalue weighted by Gasteiger charge is 2.16. The third kappa shape index (κ3) is 5.92. The van der Waals surface area contributed by atoms with Gasteiger partial charge in [-0.15, -0.1) is 0 Å². The summed E-state index contributed by atoms with van der Waals surface area (Å²) in [6.07, 6.45) is 0.924. The van der Waals surface area contributed by atoms with Crippen LogP contribution in [0, 0.1) is 19.8 Å². The Bertz CT molecular complexity index is 871. The van der Waals surface area contributed by atoms with Gasteiger partial charge in [-0.25, -0.2) is 8.42 Å². The Morgan fingerprint density at radius 2 is 1.85 bits per heavy atom. The lowest BCUT2D eigenvalue weighted by molar-refractivity contribution is -0.120. The van der Waals surface area contributed by atoms with Crippen molar-refractivity contribution in [3.8, 4) is 0 Å². The van der Waals surface area contributed by atoms with Crippen molar-refractivity contribution in [3.05, 3.63) is 47.3 Å². The Kier molecular flexibility index (Phi) is 7.18. The van der Waals surface area contributed by atoms with Gasteiger partial charge in [0.05, 0.1) is 16.3 Å². The zero-order chi connectivity index (χ0) is 20.0. The van der Waals surface area contributed by atoms with Crippen LogP contribution in [0.4, 0.5) is 0 Å². The highest BCUT2D eigenvalue weighted by atomic mass is 32.2. The van der Waals surface area contributed by atoms with Crippen LogP contribution in [0.15, 0.2) is 35.2 Å². The Morgan fingerprint density at radius 1 is 1.19 bits per heavy atom. The number of nitrogens with zero attached hydrogens (tertiary/aromatic N) is 2. The molecule has 0 saturated heterocycles. The highest BCUT2D eigenvalue weighted by Crippen LogP contribution is 2.16. The lowest BCUT2D eigenvalue weighted by Crippen LogP contribution is -2.29. The van der Waals surface area contributed by atoms with Crippen LogP contribution in [0.25, 0.3) is 0 Å². The van der Waals surface area contributed by atoms with Gasteiger partial charge in [-0.3, -0.25) is 9.48 Å². The van der Waals surface area contributed by atoms with Gasteiger partial charge in [-0.05, 0) is 43.9 Å². The lowest BCUT2D eigenvalue weighted by Gasteiger charge is -2.08. The van der Waals surface area contributed by atoms with Gasteiger partial charge in [0.15, 0.2) is 9.84 Å². The molecule has 0 fully saturated rings. The van der Waals surface area contributed by atoms with Crippen molar-refractivity contribution in [3.63, 3.8) is 0 Å². The van der Waals surface area contributed by atoms with Crippen LogP contribution in [0.3, 0.4) is 0 Å². The molecule has 7 heteroatoms. The van der Waals surface area contributed by atoms with Crippen molar-refractivity contribution in [1.82, 2.24) is 15.1 Å². The molecule has 0 radical (unpaired) electrons. The number of hydrogen-bond acceptors (Lipinski definition) is 4. The molecule has 0 bridgehead atoms. The number of rotatable bonds is 9. The average molecular weight is 392 g/mol. The number of benzene rings is 1. The molecule has 1 aromatic carbocycles. The van der Waals surface area contributed by atoms with E-state index in [1.54, 1.807) is 30.3 Å². The number of hydrogen-bond donors (Lipinski definition) is 1. The maximum Gasteiger partial charge on any atom is 0.220 e. The summed E-state index contributed by atoms with van der Waals surface area (Å²) < 4.78 is 26.4. The Labute approximate surface area is 161 Å². The summed E-state index contributed by atoms with van der Waals surface area (Å²) >= 11 is 0. The predicted molar refractivity (Wildman–Crippen MR) is 106 cm³/mol. The minimum absolute atomic E-state index is 0.104. The smallest absolute Gasteiger partial charge is 0.220 e. The van der Waals surface area contributed by atoms with E-state index in [0.29, 0.717) is 18.8 Å². The minimum atomic E-state index is -3.37. The number of aromatic nitrogens is 2. The van der Waals surface area contributed by atoms with Crippen LogP contribution in [-0.4, -0.2) is 36.4 Å². The molecule has 2 aromatic rings. The zero-order valence-electron chi connectivity index (χ0n) is 16.5. The van der Waals surface area contributed by atoms with Crippen LogP contribution >= 0.6 is 0 Å². The monoisotopic (exact) mass is 391 g/mol. The van der Waals surface area contributed by atoms with Crippen LogP contribution < -0.4 is 5.32 Å². The summed E-state index contributed by atoms with van der Waals surface area (Å²) in [4.78, 5) is 12.4. The van der Waals surface area contributed by atoms with Crippen molar-refractivity contribution in [1.29, 1.82) is 0 Å². The second-order valence-corrected chi connectivity index (χ2v) is 9.32. The molecule has 148 valence electrons. The Morgan fingerprint density at radius 3 is 2.48 bits per heavy atom. The van der Waals surface area contributed by atoms with Crippen molar-refractivity contribution in [2.75, 3.05) is 12.3 Å². The molecule has 0 unspecified atom stereocenters. The molecule has 1 aromatic heterocycles. The molecule has 0 atom stereocenters. The molecule has 1 heterocycles. The Balaban J connectivity index is 1.84. The zero-order valence-corrected chi connectivity index (χ0v) is 17.3. The largest absolute Gasteiger partial charge is 0.355 e. The number of amides is 1. The first-order valence-electron chi connectivity index (χ1n) is 9.28. The molecular formula is C20H29N3O3S. The first-order chi connectivity index (χ1) is 12.7. The van der Waals surface area contributed by atoms with Gasteiger partial charge in [0.25, 0.3) is 0 Å². The topological polar surface area (TPSA) is 81.1 Å². The van der Waals surface area contributed by atoms with Crippen molar-refractivity contribution in [2.45, 2.75) is 52.0 Å². The molecule has 27 heavy (non-hydrogen) atoms. The lowest BCUT2D eigenvalue weighted by atomic mass is 10.1. The van der Waals surface area contributed by atoms with Crippen LogP contribution in [0.2, 0.25) is 0 Å². The van der Waals surface area contributed by atoms with Gasteiger partial charge < -0.3 is 5.32 Å². The second-order valence-electron chi connectivity index (χ2n) is 7.21. The third-order valence-corrected chi connectivity index (χ3v) is 6.20. The third-order valence-electron chi connectivity index (χ3n) is 4.47. The van der Waals surface area contributed by atoms with E-state index in [1.165, 1.54) is 0 Å². The van der Waals surface area contributed by atoms with Crippen LogP contribution in [0.5, 0.6) is 0 Å². The molecule has 1 N–H and O–H groups in total. The second kappa shape index (κ2) is 9.17. The van der Waals surface area contributed by atoms with Gasteiger partial charge in [0.1, 0.15) is 0 Å². The molecule has 1 amide bonds. The van der Waals surface area contributed by atoms with Crippen molar-refractivity contribution >= 4 is 15.7 Å². The summed E-state index contributed by atoms with van der Waals surface area (Å²) in [7, 11) is -3.37. The van der Waals surface area contributed by atoms with E-state index >= 15 is 0 Å². The van der Waals surface area contributed by atoms with E-state index in [2.05, 4.69) is 24.3 Å². The molecule has 0 aliphatic rings. The van der Waals surface area contributed by atoms with Crippen molar-refractivity contribution in [2.24, 2.45) is 5.92 Å². The number of sulfone groups is 1. The van der Waals surface area contributed by atoms with E-state index in [9.17, 15) is 13.2 Å². The quantitative estimate of drug-likeness (QED) is 0.713. The molecule has 0 aliphatic heterocycles. The Hall–Kier alpha value is -2.15. The van der Waals surface area contributed by atoms with E-state index in [0.717, 1.165) is 23.5 Å². The molecule has 0 spiro atoms. The summed E-state index contributed by atoms with van der Waals surface area (Å²) in [5.41, 5.74) is 3.15. The minimum Gasteiger partial charge on any atom is -0.355 e. The van der Waals surface area contributed by atoms with Gasteiger partial charge in [-0.2, -0.15) is 5.10 Å². The van der Waals surface area contributed by atoms with Gasteiger partial charge in [-0.1, -0.05) is 32.0 Å². The molecule has 2 rings (SSSR count). The standard InChI is InChI=1S/C20H29N3O3S/c1-15(2)14-23-17(4)19(16(3)22-23)10-11-20(24)21-12-13-27(25,26)18-8-6-5-7-9-18/h5-9,15H,10-14H2,1-4H3,(H,21,24). The van der Waals surface area contributed by atoms with Crippen LogP contribution in [0.1, 0.15) is 37.2 Å². The summed E-state index contributed by atoms with van der Waals surface area (Å²) in [5.74, 6) is 0.257. The first kappa shape index (κ1) is 21.2. The number of nitrogens with one attached hydrogen (secondary N) is 1. The number of aryl methyl sites for hydroxylation is 1. The average Bonchev–Trinajstić information content (AvgIpc) is 2.86. The number of carbonyl (C=O) groups excluding carboxylic acids is 1. The van der Waals surface area contributed by atoms with Gasteiger partial charge >= 0.3 is 0 Å². The normalized spacial score (nSPS) is 11.7. The fourth-order valence-electron chi connectivity index (χ4n) is 3.02. The fourth-order valence-corrected chi connectivity index (χ4v) is 4.20. The van der Waals surface area contributed by atoms with E-state index in [1.807, 2.05) is 18.5 Å². The molecule has 0 saturated carbocycles. The molecular weight excluding hydrogens is 362 g/mol. The maximum atomic E-state index is 12.2. The van der Waals surface area contributed by atoms with E-state index in [4.69, 9.17) is 0 Å². The van der Waals surface area contributed by atoms with Crippen molar-refractivity contribution < 1.29 is 13.2 Å². The summed E-state index contributed by atoms with van der Waals surface area (Å²) in [6, 6.07) is 8.29. The van der Waals surface area contributed by atoms with Crippen LogP contribution in [-0.2, 0) is 27.6 Å². The maximum absolute atomic E-state index is 12.2. The fraction of sp³-hybridized carbons (Fsp3) is 0.500. The molecule has 0 aliphatic carbocycles. The van der Waals surface area contributed by atoms with E-state index < -0.39 is 9.84 Å². The van der Waals surface area contributed by atoms with Gasteiger partial charge in [0, 0.05) is 25.2 Å². The van der Waals surface area contributed by atoms with E-state index in [-0.39, 0.29) is 23.1 Å². The van der Waals surface area contributed by atoms with Gasteiger partial charge in [0.2, 0.25) is 5.91 Å². The number of carbonyl (C=O) groups is 1. The highest BCUT2D eigenvalue weighted by molar-refractivity contribution is 7.91. The summed E-state index contributed by atoms with van der Waals surface area (Å²) in [5, 5.41) is 7.27. The SMILES string of the molecule is Cc1nn(CC(C)C)c(C)c1CCC(=O)NCCS(=O)(=O)c1ccccc1. The first-order valence-corrected chi connectivity index (χ1v) is 10.9. The molecule has 6 nitrogen and oxygen atoms in total. The summed E-state index contributed by atoms with van der Waals surface area (Å²) in [6.45, 7) is 9.25.